The van der Waals surface area contributed by atoms with Crippen molar-refractivity contribution in [3.8, 4) is 0 Å². The Kier molecular flexibility index (Phi) is 4.15. The number of hydrogen-bond donors (Lipinski definition) is 2. The van der Waals surface area contributed by atoms with Crippen LogP contribution in [0.25, 0.3) is 0 Å². The quantitative estimate of drug-likeness (QED) is 0.890. The van der Waals surface area contributed by atoms with Crippen LogP contribution in [-0.2, 0) is 13.5 Å². The minimum Gasteiger partial charge on any atom is -0.328 e. The summed E-state index contributed by atoms with van der Waals surface area (Å²) in [6.45, 7) is 4.08. The summed E-state index contributed by atoms with van der Waals surface area (Å²) in [5, 5.41) is 11.3. The van der Waals surface area contributed by atoms with E-state index in [1.54, 1.807) is 16.0 Å². The van der Waals surface area contributed by atoms with Gasteiger partial charge in [0.2, 0.25) is 0 Å². The topological polar surface area (TPSA) is 71.8 Å². The van der Waals surface area contributed by atoms with Crippen LogP contribution in [-0.4, -0.2) is 20.8 Å². The SMILES string of the molecule is CCc1cc(NC(=O)NC(c2ncc(C)s2)C2CC2)n(C)n1. The van der Waals surface area contributed by atoms with Crippen molar-refractivity contribution in [2.75, 3.05) is 5.32 Å². The van der Waals surface area contributed by atoms with Crippen LogP contribution in [0.15, 0.2) is 12.3 Å². The van der Waals surface area contributed by atoms with Gasteiger partial charge in [0.05, 0.1) is 11.7 Å². The van der Waals surface area contributed by atoms with E-state index in [1.807, 2.05) is 33.2 Å². The van der Waals surface area contributed by atoms with Gasteiger partial charge in [-0.2, -0.15) is 5.10 Å². The fraction of sp³-hybridized carbons (Fsp3) is 0.533. The van der Waals surface area contributed by atoms with Crippen LogP contribution in [0, 0.1) is 12.8 Å². The summed E-state index contributed by atoms with van der Waals surface area (Å²) >= 11 is 1.65. The van der Waals surface area contributed by atoms with Crippen molar-refractivity contribution < 1.29 is 4.79 Å². The molecule has 0 radical (unpaired) electrons. The van der Waals surface area contributed by atoms with Crippen molar-refractivity contribution in [3.05, 3.63) is 27.8 Å². The lowest BCUT2D eigenvalue weighted by atomic mass is 10.2. The molecular formula is C15H21N5OS. The molecule has 0 bridgehead atoms. The summed E-state index contributed by atoms with van der Waals surface area (Å²) in [7, 11) is 1.83. The lowest BCUT2D eigenvalue weighted by Gasteiger charge is -2.16. The number of nitrogens with one attached hydrogen (secondary N) is 2. The van der Waals surface area contributed by atoms with Crippen LogP contribution in [0.3, 0.4) is 0 Å². The van der Waals surface area contributed by atoms with E-state index in [1.165, 1.54) is 4.88 Å². The Labute approximate surface area is 133 Å². The number of amides is 2. The lowest BCUT2D eigenvalue weighted by molar-refractivity contribution is 0.247. The second-order valence-corrected chi connectivity index (χ2v) is 6.99. The van der Waals surface area contributed by atoms with Gasteiger partial charge in [0.25, 0.3) is 0 Å². The van der Waals surface area contributed by atoms with Crippen molar-refractivity contribution in [1.29, 1.82) is 0 Å². The normalized spacial score (nSPS) is 15.6. The van der Waals surface area contributed by atoms with Crippen LogP contribution in [0.5, 0.6) is 0 Å². The Balaban J connectivity index is 1.67. The third-order valence-electron chi connectivity index (χ3n) is 3.82. The third-order valence-corrected chi connectivity index (χ3v) is 4.82. The van der Waals surface area contributed by atoms with Gasteiger partial charge < -0.3 is 5.32 Å². The molecule has 0 aromatic carbocycles. The summed E-state index contributed by atoms with van der Waals surface area (Å²) in [6.07, 6.45) is 5.01. The molecule has 1 atom stereocenters. The summed E-state index contributed by atoms with van der Waals surface area (Å²) in [5.74, 6) is 1.22. The first kappa shape index (κ1) is 15.0. The summed E-state index contributed by atoms with van der Waals surface area (Å²) in [6, 6.07) is 1.71. The van der Waals surface area contributed by atoms with Crippen molar-refractivity contribution in [2.24, 2.45) is 13.0 Å². The van der Waals surface area contributed by atoms with Crippen LogP contribution in [0.2, 0.25) is 0 Å². The Hall–Kier alpha value is -1.89. The second-order valence-electron chi connectivity index (χ2n) is 5.72. The molecule has 1 saturated carbocycles. The number of thiazole rings is 1. The standard InChI is InChI=1S/C15H21N5OS/c1-4-11-7-12(20(3)19-11)17-15(21)18-13(10-5-6-10)14-16-8-9(2)22-14/h7-8,10,13H,4-6H2,1-3H3,(H2,17,18,21). The van der Waals surface area contributed by atoms with Gasteiger partial charge in [0.15, 0.2) is 0 Å². The predicted octanol–water partition coefficient (Wildman–Crippen LogP) is 3.02. The van der Waals surface area contributed by atoms with Crippen molar-refractivity contribution in [3.63, 3.8) is 0 Å². The molecule has 118 valence electrons. The van der Waals surface area contributed by atoms with E-state index in [9.17, 15) is 4.79 Å². The van der Waals surface area contributed by atoms with Gasteiger partial charge in [0.1, 0.15) is 10.8 Å². The molecule has 2 aromatic rings. The van der Waals surface area contributed by atoms with E-state index in [0.29, 0.717) is 11.7 Å². The first-order chi connectivity index (χ1) is 10.6. The van der Waals surface area contributed by atoms with E-state index in [4.69, 9.17) is 0 Å². The zero-order chi connectivity index (χ0) is 15.7. The van der Waals surface area contributed by atoms with Crippen LogP contribution < -0.4 is 10.6 Å². The maximum atomic E-state index is 12.3. The third kappa shape index (κ3) is 3.30. The number of anilines is 1. The lowest BCUT2D eigenvalue weighted by Crippen LogP contribution is -2.34. The average Bonchev–Trinajstić information content (AvgIpc) is 3.15. The fourth-order valence-electron chi connectivity index (χ4n) is 2.44. The highest BCUT2D eigenvalue weighted by Crippen LogP contribution is 2.42. The largest absolute Gasteiger partial charge is 0.328 e. The molecule has 1 aliphatic carbocycles. The van der Waals surface area contributed by atoms with E-state index in [2.05, 4.69) is 20.7 Å². The highest BCUT2D eigenvalue weighted by molar-refractivity contribution is 7.11. The number of hydrogen-bond acceptors (Lipinski definition) is 4. The van der Waals surface area contributed by atoms with Gasteiger partial charge in [-0.25, -0.2) is 9.78 Å². The van der Waals surface area contributed by atoms with Gasteiger partial charge in [-0.15, -0.1) is 11.3 Å². The molecule has 2 amide bonds. The zero-order valence-electron chi connectivity index (χ0n) is 13.1. The van der Waals surface area contributed by atoms with Gasteiger partial charge in [-0.05, 0) is 32.1 Å². The molecule has 0 aliphatic heterocycles. The molecule has 2 aromatic heterocycles. The minimum atomic E-state index is -0.199. The molecule has 6 nitrogen and oxygen atoms in total. The number of nitrogens with zero attached hydrogens (tertiary/aromatic N) is 3. The Bertz CT molecular complexity index is 673. The molecule has 0 spiro atoms. The fourth-order valence-corrected chi connectivity index (χ4v) is 3.36. The highest BCUT2D eigenvalue weighted by atomic mass is 32.1. The Morgan fingerprint density at radius 2 is 2.32 bits per heavy atom. The summed E-state index contributed by atoms with van der Waals surface area (Å²) in [4.78, 5) is 17.9. The van der Waals surface area contributed by atoms with E-state index in [0.717, 1.165) is 30.0 Å². The first-order valence-corrected chi connectivity index (χ1v) is 8.41. The summed E-state index contributed by atoms with van der Waals surface area (Å²) in [5.41, 5.74) is 0.965. The molecule has 22 heavy (non-hydrogen) atoms. The van der Waals surface area contributed by atoms with Gasteiger partial charge in [-0.3, -0.25) is 10.00 Å². The Morgan fingerprint density at radius 1 is 1.55 bits per heavy atom. The minimum absolute atomic E-state index is 0.0116. The molecule has 0 saturated heterocycles. The molecule has 7 heteroatoms. The number of carbonyl (C=O) groups is 1. The van der Waals surface area contributed by atoms with E-state index < -0.39 is 0 Å². The second kappa shape index (κ2) is 6.08. The monoisotopic (exact) mass is 319 g/mol. The van der Waals surface area contributed by atoms with Crippen LogP contribution in [0.1, 0.15) is 41.4 Å². The smallest absolute Gasteiger partial charge is 0.320 e. The number of urea groups is 1. The van der Waals surface area contributed by atoms with Gasteiger partial charge >= 0.3 is 6.03 Å². The van der Waals surface area contributed by atoms with Crippen molar-refractivity contribution in [1.82, 2.24) is 20.1 Å². The number of aryl methyl sites for hydroxylation is 3. The predicted molar refractivity (Wildman–Crippen MR) is 87.1 cm³/mol. The summed E-state index contributed by atoms with van der Waals surface area (Å²) < 4.78 is 1.69. The molecule has 1 fully saturated rings. The number of rotatable bonds is 5. The average molecular weight is 319 g/mol. The molecule has 1 aliphatic rings. The number of aromatic nitrogens is 3. The molecule has 2 N–H and O–H groups in total. The van der Waals surface area contributed by atoms with Crippen molar-refractivity contribution in [2.45, 2.75) is 39.2 Å². The maximum absolute atomic E-state index is 12.3. The molecule has 1 unspecified atom stereocenters. The van der Waals surface area contributed by atoms with Gasteiger partial charge in [0, 0.05) is 24.2 Å². The van der Waals surface area contributed by atoms with Crippen LogP contribution >= 0.6 is 11.3 Å². The maximum Gasteiger partial charge on any atom is 0.320 e. The highest BCUT2D eigenvalue weighted by Gasteiger charge is 2.35. The number of carbonyl (C=O) groups excluding carboxylic acids is 1. The van der Waals surface area contributed by atoms with Crippen LogP contribution in [0.4, 0.5) is 10.6 Å². The Morgan fingerprint density at radius 3 is 2.86 bits per heavy atom. The molecule has 2 heterocycles. The van der Waals surface area contributed by atoms with E-state index >= 15 is 0 Å². The first-order valence-electron chi connectivity index (χ1n) is 7.59. The van der Waals surface area contributed by atoms with E-state index in [-0.39, 0.29) is 12.1 Å². The van der Waals surface area contributed by atoms with Gasteiger partial charge in [-0.1, -0.05) is 6.92 Å². The van der Waals surface area contributed by atoms with Crippen molar-refractivity contribution >= 4 is 23.2 Å². The molecule has 3 rings (SSSR count). The molecular weight excluding hydrogens is 298 g/mol. The zero-order valence-corrected chi connectivity index (χ0v) is 13.9.